The molecule has 2 aliphatic rings. The highest BCUT2D eigenvalue weighted by Gasteiger charge is 2.37. The lowest BCUT2D eigenvalue weighted by Crippen LogP contribution is -2.51. The molecule has 0 spiro atoms. The molecule has 0 radical (unpaired) electrons. The third kappa shape index (κ3) is 2.33. The summed E-state index contributed by atoms with van der Waals surface area (Å²) in [5.74, 6) is 0.184. The van der Waals surface area contributed by atoms with Gasteiger partial charge in [0, 0.05) is 6.04 Å². The van der Waals surface area contributed by atoms with Crippen LogP contribution in [0.1, 0.15) is 45.4 Å². The molecule has 0 aromatic heterocycles. The molecule has 0 aromatic carbocycles. The maximum absolute atomic E-state index is 11.2. The van der Waals surface area contributed by atoms with Gasteiger partial charge in [-0.25, -0.2) is 0 Å². The highest BCUT2D eigenvalue weighted by Crippen LogP contribution is 2.34. The summed E-state index contributed by atoms with van der Waals surface area (Å²) in [6.45, 7) is 3.25. The van der Waals surface area contributed by atoms with Crippen molar-refractivity contribution in [2.24, 2.45) is 5.92 Å². The summed E-state index contributed by atoms with van der Waals surface area (Å²) < 4.78 is 0. The Morgan fingerprint density at radius 2 is 2.00 bits per heavy atom. The van der Waals surface area contributed by atoms with Crippen molar-refractivity contribution in [3.8, 4) is 0 Å². The van der Waals surface area contributed by atoms with Crippen molar-refractivity contribution in [3.63, 3.8) is 0 Å². The molecule has 86 valence electrons. The maximum atomic E-state index is 11.2. The van der Waals surface area contributed by atoms with E-state index in [1.54, 1.807) is 0 Å². The largest absolute Gasteiger partial charge is 0.480 e. The number of nitrogens with zero attached hydrogens (tertiary/aromatic N) is 1. The van der Waals surface area contributed by atoms with E-state index in [-0.39, 0.29) is 6.04 Å². The van der Waals surface area contributed by atoms with Gasteiger partial charge in [0.25, 0.3) is 0 Å². The summed E-state index contributed by atoms with van der Waals surface area (Å²) in [6.07, 6.45) is 6.70. The molecule has 2 rings (SSSR count). The van der Waals surface area contributed by atoms with Crippen molar-refractivity contribution in [2.45, 2.75) is 57.5 Å². The molecule has 1 aliphatic carbocycles. The zero-order valence-corrected chi connectivity index (χ0v) is 9.48. The van der Waals surface area contributed by atoms with E-state index in [1.807, 2.05) is 0 Å². The quantitative estimate of drug-likeness (QED) is 0.760. The van der Waals surface area contributed by atoms with Crippen LogP contribution in [0.3, 0.4) is 0 Å². The van der Waals surface area contributed by atoms with E-state index in [1.165, 1.54) is 25.7 Å². The summed E-state index contributed by atoms with van der Waals surface area (Å²) in [4.78, 5) is 13.5. The van der Waals surface area contributed by atoms with E-state index in [0.717, 1.165) is 25.3 Å². The summed E-state index contributed by atoms with van der Waals surface area (Å²) in [6, 6.07) is 0.351. The second kappa shape index (κ2) is 4.52. The van der Waals surface area contributed by atoms with Gasteiger partial charge in [0.05, 0.1) is 0 Å². The third-order valence-corrected chi connectivity index (χ3v) is 3.90. The number of hydrogen-bond donors (Lipinski definition) is 1. The van der Waals surface area contributed by atoms with E-state index in [0.29, 0.717) is 6.04 Å². The average molecular weight is 211 g/mol. The molecule has 3 heteroatoms. The molecule has 1 saturated carbocycles. The molecule has 1 atom stereocenters. The zero-order valence-electron chi connectivity index (χ0n) is 9.48. The number of rotatable bonds is 2. The van der Waals surface area contributed by atoms with E-state index in [9.17, 15) is 9.90 Å². The summed E-state index contributed by atoms with van der Waals surface area (Å²) in [5, 5.41) is 9.23. The molecule has 0 aromatic rings. The van der Waals surface area contributed by atoms with E-state index in [2.05, 4.69) is 11.8 Å². The molecule has 2 fully saturated rings. The predicted octanol–water partition coefficient (Wildman–Crippen LogP) is 2.11. The fraction of sp³-hybridized carbons (Fsp3) is 0.917. The van der Waals surface area contributed by atoms with E-state index >= 15 is 0 Å². The van der Waals surface area contributed by atoms with E-state index < -0.39 is 5.97 Å². The lowest BCUT2D eigenvalue weighted by atomic mass is 9.80. The van der Waals surface area contributed by atoms with Gasteiger partial charge >= 0.3 is 5.97 Å². The fourth-order valence-corrected chi connectivity index (χ4v) is 2.96. The monoisotopic (exact) mass is 211 g/mol. The van der Waals surface area contributed by atoms with Gasteiger partial charge in [-0.2, -0.15) is 0 Å². The second-order valence-electron chi connectivity index (χ2n) is 5.17. The smallest absolute Gasteiger partial charge is 0.320 e. The van der Waals surface area contributed by atoms with Gasteiger partial charge in [-0.3, -0.25) is 9.69 Å². The predicted molar refractivity (Wildman–Crippen MR) is 58.8 cm³/mol. The van der Waals surface area contributed by atoms with Crippen molar-refractivity contribution in [3.05, 3.63) is 0 Å². The van der Waals surface area contributed by atoms with Crippen LogP contribution in [0, 0.1) is 5.92 Å². The molecule has 15 heavy (non-hydrogen) atoms. The van der Waals surface area contributed by atoms with Crippen LogP contribution in [0.4, 0.5) is 0 Å². The second-order valence-corrected chi connectivity index (χ2v) is 5.17. The number of carboxylic acids is 1. The van der Waals surface area contributed by atoms with Gasteiger partial charge in [0.2, 0.25) is 0 Å². The Kier molecular flexibility index (Phi) is 3.29. The van der Waals surface area contributed by atoms with Crippen molar-refractivity contribution in [1.29, 1.82) is 0 Å². The van der Waals surface area contributed by atoms with Crippen LogP contribution >= 0.6 is 0 Å². The minimum atomic E-state index is -0.614. The first-order valence-electron chi connectivity index (χ1n) is 6.17. The molecule has 0 bridgehead atoms. The minimum Gasteiger partial charge on any atom is -0.480 e. The van der Waals surface area contributed by atoms with Gasteiger partial charge in [0.1, 0.15) is 6.04 Å². The van der Waals surface area contributed by atoms with Gasteiger partial charge in [-0.1, -0.05) is 19.8 Å². The van der Waals surface area contributed by atoms with Crippen LogP contribution in [0.25, 0.3) is 0 Å². The van der Waals surface area contributed by atoms with Crippen LogP contribution < -0.4 is 0 Å². The third-order valence-electron chi connectivity index (χ3n) is 3.90. The van der Waals surface area contributed by atoms with Crippen LogP contribution in [-0.2, 0) is 4.79 Å². The fourth-order valence-electron chi connectivity index (χ4n) is 2.96. The Balaban J connectivity index is 2.00. The van der Waals surface area contributed by atoms with Gasteiger partial charge in [-0.05, 0) is 38.1 Å². The van der Waals surface area contributed by atoms with Gasteiger partial charge in [-0.15, -0.1) is 0 Å². The van der Waals surface area contributed by atoms with Gasteiger partial charge < -0.3 is 5.11 Å². The maximum Gasteiger partial charge on any atom is 0.320 e. The normalized spacial score (nSPS) is 38.1. The summed E-state index contributed by atoms with van der Waals surface area (Å²) in [5.41, 5.74) is 0. The number of aliphatic carboxylic acids is 1. The van der Waals surface area contributed by atoms with Gasteiger partial charge in [0.15, 0.2) is 0 Å². The molecule has 1 unspecified atom stereocenters. The topological polar surface area (TPSA) is 40.5 Å². The Hall–Kier alpha value is -0.570. The standard InChI is InChI=1S/C12H21NO2/c1-9-7-10(8-9)13-6-4-2-3-5-11(13)12(14)15/h9-11H,2-8H2,1H3,(H,14,15). The van der Waals surface area contributed by atoms with Crippen LogP contribution in [-0.4, -0.2) is 34.6 Å². The number of likely N-dealkylation sites (tertiary alicyclic amines) is 1. The molecular formula is C12H21NO2. The summed E-state index contributed by atoms with van der Waals surface area (Å²) >= 11 is 0. The van der Waals surface area contributed by atoms with Crippen molar-refractivity contribution >= 4 is 5.97 Å². The lowest BCUT2D eigenvalue weighted by Gasteiger charge is -2.43. The van der Waals surface area contributed by atoms with Crippen LogP contribution in [0.5, 0.6) is 0 Å². The first-order chi connectivity index (χ1) is 7.18. The highest BCUT2D eigenvalue weighted by atomic mass is 16.4. The average Bonchev–Trinajstić information content (AvgIpc) is 2.37. The highest BCUT2D eigenvalue weighted by molar-refractivity contribution is 5.73. The van der Waals surface area contributed by atoms with Crippen LogP contribution in [0.2, 0.25) is 0 Å². The minimum absolute atomic E-state index is 0.204. The summed E-state index contributed by atoms with van der Waals surface area (Å²) in [7, 11) is 0. The van der Waals surface area contributed by atoms with Crippen molar-refractivity contribution in [2.75, 3.05) is 6.54 Å². The molecule has 1 aliphatic heterocycles. The number of hydrogen-bond acceptors (Lipinski definition) is 2. The molecule has 1 N–H and O–H groups in total. The number of carbonyl (C=O) groups is 1. The molecule has 1 heterocycles. The van der Waals surface area contributed by atoms with E-state index in [4.69, 9.17) is 0 Å². The molecular weight excluding hydrogens is 190 g/mol. The van der Waals surface area contributed by atoms with Crippen molar-refractivity contribution in [1.82, 2.24) is 4.90 Å². The Morgan fingerprint density at radius 1 is 1.27 bits per heavy atom. The Bertz CT molecular complexity index is 236. The zero-order chi connectivity index (χ0) is 10.8. The SMILES string of the molecule is CC1CC(N2CCCCCC2C(=O)O)C1. The number of carboxylic acid groups (broad SMARTS) is 1. The van der Waals surface area contributed by atoms with Crippen molar-refractivity contribution < 1.29 is 9.90 Å². The molecule has 3 nitrogen and oxygen atoms in total. The van der Waals surface area contributed by atoms with Crippen LogP contribution in [0.15, 0.2) is 0 Å². The Labute approximate surface area is 91.5 Å². The molecule has 1 saturated heterocycles. The first kappa shape index (κ1) is 10.9. The lowest BCUT2D eigenvalue weighted by molar-refractivity contribution is -0.145. The molecule has 0 amide bonds. The first-order valence-corrected chi connectivity index (χ1v) is 6.17. The Morgan fingerprint density at radius 3 is 2.60 bits per heavy atom.